The highest BCUT2D eigenvalue weighted by Gasteiger charge is 2.40. The summed E-state index contributed by atoms with van der Waals surface area (Å²) in [6.45, 7) is 8.02. The Balaban J connectivity index is 2.27. The van der Waals surface area contributed by atoms with E-state index in [0.717, 1.165) is 11.3 Å². The molecule has 1 saturated heterocycles. The topological polar surface area (TPSA) is 70.8 Å². The van der Waals surface area contributed by atoms with E-state index in [4.69, 9.17) is 4.42 Å². The number of hydrogen-bond acceptors (Lipinski definition) is 3. The lowest BCUT2D eigenvalue weighted by atomic mass is 9.82. The lowest BCUT2D eigenvalue weighted by Crippen LogP contribution is -2.48. The highest BCUT2D eigenvalue weighted by Crippen LogP contribution is 2.32. The summed E-state index contributed by atoms with van der Waals surface area (Å²) in [7, 11) is 0. The first kappa shape index (κ1) is 14.6. The molecule has 1 unspecified atom stereocenters. The van der Waals surface area contributed by atoms with E-state index in [1.807, 2.05) is 13.8 Å². The van der Waals surface area contributed by atoms with Gasteiger partial charge in [0.2, 0.25) is 0 Å². The lowest BCUT2D eigenvalue weighted by Gasteiger charge is -2.37. The van der Waals surface area contributed by atoms with E-state index in [9.17, 15) is 14.7 Å². The number of likely N-dealkylation sites (tertiary alicyclic amines) is 1. The van der Waals surface area contributed by atoms with Crippen LogP contribution in [0.4, 0.5) is 0 Å². The van der Waals surface area contributed by atoms with Gasteiger partial charge in [0.15, 0.2) is 0 Å². The second-order valence-corrected chi connectivity index (χ2v) is 5.91. The van der Waals surface area contributed by atoms with Gasteiger partial charge in [0.25, 0.3) is 5.91 Å². The van der Waals surface area contributed by atoms with Gasteiger partial charge in [0, 0.05) is 18.7 Å². The fourth-order valence-corrected chi connectivity index (χ4v) is 2.85. The number of carbonyl (C=O) groups is 2. The molecule has 1 aromatic rings. The van der Waals surface area contributed by atoms with Crippen LogP contribution in [0.1, 0.15) is 47.2 Å². The van der Waals surface area contributed by atoms with Gasteiger partial charge in [-0.05, 0) is 40.5 Å². The third-order valence-corrected chi connectivity index (χ3v) is 4.28. The zero-order chi connectivity index (χ0) is 15.1. The highest BCUT2D eigenvalue weighted by atomic mass is 16.4. The van der Waals surface area contributed by atoms with Crippen molar-refractivity contribution >= 4 is 11.9 Å². The van der Waals surface area contributed by atoms with E-state index in [2.05, 4.69) is 0 Å². The molecule has 1 aliphatic rings. The van der Waals surface area contributed by atoms with Crippen LogP contribution in [0.3, 0.4) is 0 Å². The van der Waals surface area contributed by atoms with Crippen LogP contribution in [-0.4, -0.2) is 35.0 Å². The van der Waals surface area contributed by atoms with Crippen molar-refractivity contribution in [3.05, 3.63) is 22.6 Å². The number of furan rings is 1. The van der Waals surface area contributed by atoms with Crippen LogP contribution in [0.25, 0.3) is 0 Å². The van der Waals surface area contributed by atoms with Crippen molar-refractivity contribution in [2.45, 2.75) is 40.5 Å². The van der Waals surface area contributed by atoms with Crippen LogP contribution >= 0.6 is 0 Å². The van der Waals surface area contributed by atoms with E-state index in [0.29, 0.717) is 30.7 Å². The second-order valence-electron chi connectivity index (χ2n) is 5.91. The Kier molecular flexibility index (Phi) is 3.63. The number of aliphatic carboxylic acids is 1. The fourth-order valence-electron chi connectivity index (χ4n) is 2.85. The fraction of sp³-hybridized carbons (Fsp3) is 0.600. The number of aryl methyl sites for hydroxylation is 2. The van der Waals surface area contributed by atoms with Crippen LogP contribution in [-0.2, 0) is 4.79 Å². The Hall–Kier alpha value is -1.78. The van der Waals surface area contributed by atoms with E-state index < -0.39 is 11.4 Å². The molecule has 0 radical (unpaired) electrons. The average molecular weight is 279 g/mol. The summed E-state index contributed by atoms with van der Waals surface area (Å²) in [5, 5.41) is 9.32. The molecule has 1 aromatic heterocycles. The van der Waals surface area contributed by atoms with Crippen LogP contribution in [0.15, 0.2) is 4.42 Å². The maximum atomic E-state index is 12.6. The van der Waals surface area contributed by atoms with Gasteiger partial charge >= 0.3 is 5.97 Å². The van der Waals surface area contributed by atoms with Crippen molar-refractivity contribution in [1.82, 2.24) is 4.90 Å². The molecule has 5 nitrogen and oxygen atoms in total. The van der Waals surface area contributed by atoms with E-state index in [-0.39, 0.29) is 12.5 Å². The number of nitrogens with zero attached hydrogens (tertiary/aromatic N) is 1. The molecule has 110 valence electrons. The molecular weight excluding hydrogens is 258 g/mol. The van der Waals surface area contributed by atoms with Gasteiger partial charge < -0.3 is 14.4 Å². The largest absolute Gasteiger partial charge is 0.481 e. The minimum Gasteiger partial charge on any atom is -0.481 e. The van der Waals surface area contributed by atoms with Crippen LogP contribution in [0.2, 0.25) is 0 Å². The summed E-state index contributed by atoms with van der Waals surface area (Å²) in [5.41, 5.74) is 0.571. The van der Waals surface area contributed by atoms with Crippen LogP contribution in [0.5, 0.6) is 0 Å². The van der Waals surface area contributed by atoms with Crippen LogP contribution < -0.4 is 0 Å². The predicted molar refractivity (Wildman–Crippen MR) is 73.8 cm³/mol. The molecule has 1 aliphatic heterocycles. The standard InChI is InChI=1S/C15H21NO4/c1-9-10(2)20-11(3)12(9)13(17)16-7-5-6-15(4,8-16)14(18)19/h5-8H2,1-4H3,(H,18,19). The molecule has 0 saturated carbocycles. The lowest BCUT2D eigenvalue weighted by molar-refractivity contribution is -0.150. The van der Waals surface area contributed by atoms with Crippen molar-refractivity contribution in [3.63, 3.8) is 0 Å². The first-order valence-electron chi connectivity index (χ1n) is 6.85. The number of carboxylic acids is 1. The van der Waals surface area contributed by atoms with Crippen molar-refractivity contribution < 1.29 is 19.1 Å². The number of carbonyl (C=O) groups excluding carboxylic acids is 1. The molecule has 20 heavy (non-hydrogen) atoms. The molecule has 1 atom stereocenters. The smallest absolute Gasteiger partial charge is 0.311 e. The van der Waals surface area contributed by atoms with Gasteiger partial charge in [-0.2, -0.15) is 0 Å². The molecule has 1 fully saturated rings. The molecule has 0 aliphatic carbocycles. The van der Waals surface area contributed by atoms with E-state index >= 15 is 0 Å². The molecule has 0 aromatic carbocycles. The van der Waals surface area contributed by atoms with Crippen molar-refractivity contribution in [2.75, 3.05) is 13.1 Å². The summed E-state index contributed by atoms with van der Waals surface area (Å²) in [6.07, 6.45) is 1.32. The quantitative estimate of drug-likeness (QED) is 0.903. The maximum Gasteiger partial charge on any atom is 0.311 e. The summed E-state index contributed by atoms with van der Waals surface area (Å²) >= 11 is 0. The highest BCUT2D eigenvalue weighted by molar-refractivity contribution is 5.97. The average Bonchev–Trinajstić information content (AvgIpc) is 2.62. The summed E-state index contributed by atoms with van der Waals surface area (Å²) in [5.74, 6) is 0.382. The van der Waals surface area contributed by atoms with Gasteiger partial charge in [-0.15, -0.1) is 0 Å². The van der Waals surface area contributed by atoms with Crippen molar-refractivity contribution in [1.29, 1.82) is 0 Å². The van der Waals surface area contributed by atoms with Gasteiger partial charge in [-0.1, -0.05) is 0 Å². The molecule has 1 N–H and O–H groups in total. The van der Waals surface area contributed by atoms with Gasteiger partial charge in [-0.25, -0.2) is 0 Å². The summed E-state index contributed by atoms with van der Waals surface area (Å²) < 4.78 is 5.49. The molecular formula is C15H21NO4. The molecule has 2 rings (SSSR count). The Morgan fingerprint density at radius 1 is 1.25 bits per heavy atom. The first-order valence-corrected chi connectivity index (χ1v) is 6.85. The first-order chi connectivity index (χ1) is 9.26. The molecule has 0 bridgehead atoms. The SMILES string of the molecule is Cc1oc(C)c(C(=O)N2CCCC(C)(C(=O)O)C2)c1C. The van der Waals surface area contributed by atoms with Crippen molar-refractivity contribution in [2.24, 2.45) is 5.41 Å². The van der Waals surface area contributed by atoms with Crippen molar-refractivity contribution in [3.8, 4) is 0 Å². The monoisotopic (exact) mass is 279 g/mol. The number of rotatable bonds is 2. The number of amides is 1. The summed E-state index contributed by atoms with van der Waals surface area (Å²) in [6, 6.07) is 0. The minimum atomic E-state index is -0.853. The Labute approximate surface area is 118 Å². The second kappa shape index (κ2) is 4.96. The third kappa shape index (κ3) is 2.32. The van der Waals surface area contributed by atoms with Gasteiger partial charge in [-0.3, -0.25) is 9.59 Å². The Bertz CT molecular complexity index is 560. The molecule has 0 spiro atoms. The molecule has 1 amide bonds. The zero-order valence-corrected chi connectivity index (χ0v) is 12.4. The number of hydrogen-bond donors (Lipinski definition) is 1. The predicted octanol–water partition coefficient (Wildman–Crippen LogP) is 2.53. The zero-order valence-electron chi connectivity index (χ0n) is 12.4. The maximum absolute atomic E-state index is 12.6. The third-order valence-electron chi connectivity index (χ3n) is 4.28. The van der Waals surface area contributed by atoms with Crippen LogP contribution in [0, 0.1) is 26.2 Å². The van der Waals surface area contributed by atoms with Gasteiger partial charge in [0.05, 0.1) is 11.0 Å². The summed E-state index contributed by atoms with van der Waals surface area (Å²) in [4.78, 5) is 25.6. The van der Waals surface area contributed by atoms with Gasteiger partial charge in [0.1, 0.15) is 11.5 Å². The number of carboxylic acid groups (broad SMARTS) is 1. The normalized spacial score (nSPS) is 22.9. The van der Waals surface area contributed by atoms with E-state index in [1.165, 1.54) is 0 Å². The Morgan fingerprint density at radius 3 is 2.40 bits per heavy atom. The minimum absolute atomic E-state index is 0.121. The Morgan fingerprint density at radius 2 is 1.90 bits per heavy atom. The molecule has 2 heterocycles. The van der Waals surface area contributed by atoms with E-state index in [1.54, 1.807) is 18.7 Å². The number of piperidine rings is 1. The molecule has 5 heteroatoms.